The van der Waals surface area contributed by atoms with Crippen LogP contribution in [0.3, 0.4) is 0 Å². The van der Waals surface area contributed by atoms with Gasteiger partial charge in [-0.25, -0.2) is 0 Å². The Hall–Kier alpha value is -0.980. The van der Waals surface area contributed by atoms with Crippen LogP contribution in [0.4, 0.5) is 0 Å². The van der Waals surface area contributed by atoms with Gasteiger partial charge in [-0.3, -0.25) is 0 Å². The minimum atomic E-state index is 0.956. The van der Waals surface area contributed by atoms with Gasteiger partial charge in [-0.2, -0.15) is 0 Å². The van der Waals surface area contributed by atoms with Crippen LogP contribution in [0.15, 0.2) is 24.3 Å². The average Bonchev–Trinajstić information content (AvgIpc) is 2.09. The molecule has 0 heterocycles. The second kappa shape index (κ2) is 5.78. The van der Waals surface area contributed by atoms with E-state index in [-0.39, 0.29) is 0 Å². The van der Waals surface area contributed by atoms with Crippen molar-refractivity contribution in [1.82, 2.24) is 0 Å². The first kappa shape index (κ1) is 10.0. The van der Waals surface area contributed by atoms with Crippen molar-refractivity contribution in [2.24, 2.45) is 0 Å². The number of hydrogen-bond acceptors (Lipinski definition) is 1. The van der Waals surface area contributed by atoms with E-state index in [0.717, 1.165) is 5.75 Å². The standard InChI is InChI=1S/C8H10O.C2H6/c1-7-5-3-4-6-8(7)9-2;1-2/h3-6H,1-2H3;1-2H3. The Kier molecular flexibility index (Phi) is 5.26. The van der Waals surface area contributed by atoms with Crippen LogP contribution in [0, 0.1) is 6.92 Å². The molecule has 0 bridgehead atoms. The maximum Gasteiger partial charge on any atom is 0.121 e. The fourth-order valence-corrected chi connectivity index (χ4v) is 0.785. The van der Waals surface area contributed by atoms with E-state index in [2.05, 4.69) is 0 Å². The number of para-hydroxylation sites is 1. The molecule has 1 aromatic carbocycles. The second-order valence-corrected chi connectivity index (χ2v) is 1.97. The fourth-order valence-electron chi connectivity index (χ4n) is 0.785. The average molecular weight is 152 g/mol. The van der Waals surface area contributed by atoms with Gasteiger partial charge in [0.05, 0.1) is 7.11 Å². The van der Waals surface area contributed by atoms with Crippen LogP contribution in [0.25, 0.3) is 0 Å². The van der Waals surface area contributed by atoms with Gasteiger partial charge in [-0.15, -0.1) is 0 Å². The topological polar surface area (TPSA) is 9.23 Å². The molecule has 0 radical (unpaired) electrons. The fraction of sp³-hybridized carbons (Fsp3) is 0.400. The lowest BCUT2D eigenvalue weighted by Crippen LogP contribution is -1.84. The first-order valence-electron chi connectivity index (χ1n) is 3.94. The van der Waals surface area contributed by atoms with Gasteiger partial charge >= 0.3 is 0 Å². The third-order valence-corrected chi connectivity index (χ3v) is 1.31. The van der Waals surface area contributed by atoms with Gasteiger partial charge in [0.25, 0.3) is 0 Å². The Morgan fingerprint density at radius 1 is 1.09 bits per heavy atom. The summed E-state index contributed by atoms with van der Waals surface area (Å²) >= 11 is 0. The lowest BCUT2D eigenvalue weighted by molar-refractivity contribution is 0.411. The molecule has 0 saturated heterocycles. The maximum absolute atomic E-state index is 5.04. The van der Waals surface area contributed by atoms with E-state index in [1.807, 2.05) is 45.0 Å². The number of rotatable bonds is 1. The van der Waals surface area contributed by atoms with Crippen molar-refractivity contribution >= 4 is 0 Å². The third kappa shape index (κ3) is 3.08. The molecule has 0 atom stereocenters. The molecule has 0 aromatic heterocycles. The summed E-state index contributed by atoms with van der Waals surface area (Å²) < 4.78 is 5.04. The Balaban J connectivity index is 0.000000461. The summed E-state index contributed by atoms with van der Waals surface area (Å²) in [7, 11) is 1.68. The zero-order valence-corrected chi connectivity index (χ0v) is 7.72. The molecule has 62 valence electrons. The molecule has 0 fully saturated rings. The minimum Gasteiger partial charge on any atom is -0.496 e. The summed E-state index contributed by atoms with van der Waals surface area (Å²) in [6, 6.07) is 7.94. The van der Waals surface area contributed by atoms with Gasteiger partial charge in [0.15, 0.2) is 0 Å². The van der Waals surface area contributed by atoms with Gasteiger partial charge in [-0.1, -0.05) is 32.0 Å². The largest absolute Gasteiger partial charge is 0.496 e. The third-order valence-electron chi connectivity index (χ3n) is 1.31. The zero-order valence-electron chi connectivity index (χ0n) is 7.72. The molecule has 1 aromatic rings. The van der Waals surface area contributed by atoms with Crippen LogP contribution in [-0.2, 0) is 0 Å². The van der Waals surface area contributed by atoms with Gasteiger partial charge in [0, 0.05) is 0 Å². The monoisotopic (exact) mass is 152 g/mol. The van der Waals surface area contributed by atoms with Gasteiger partial charge < -0.3 is 4.74 Å². The van der Waals surface area contributed by atoms with E-state index in [9.17, 15) is 0 Å². The quantitative estimate of drug-likeness (QED) is 0.601. The highest BCUT2D eigenvalue weighted by Crippen LogP contribution is 2.14. The van der Waals surface area contributed by atoms with Crippen LogP contribution in [0.2, 0.25) is 0 Å². The van der Waals surface area contributed by atoms with Crippen LogP contribution in [0.1, 0.15) is 19.4 Å². The summed E-state index contributed by atoms with van der Waals surface area (Å²) in [5.41, 5.74) is 1.18. The molecule has 0 aliphatic rings. The van der Waals surface area contributed by atoms with E-state index in [4.69, 9.17) is 4.74 Å². The smallest absolute Gasteiger partial charge is 0.121 e. The van der Waals surface area contributed by atoms with Crippen LogP contribution in [0.5, 0.6) is 5.75 Å². The van der Waals surface area contributed by atoms with Crippen molar-refractivity contribution in [2.45, 2.75) is 20.8 Å². The Bertz CT molecular complexity index is 194. The van der Waals surface area contributed by atoms with Crippen molar-refractivity contribution in [3.8, 4) is 5.75 Å². The number of hydrogen-bond donors (Lipinski definition) is 0. The van der Waals surface area contributed by atoms with E-state index < -0.39 is 0 Å². The Morgan fingerprint density at radius 3 is 2.00 bits per heavy atom. The molecule has 0 N–H and O–H groups in total. The summed E-state index contributed by atoms with van der Waals surface area (Å²) in [5, 5.41) is 0. The van der Waals surface area contributed by atoms with Gasteiger partial charge in [0.2, 0.25) is 0 Å². The SMILES string of the molecule is CC.COc1ccccc1C. The highest BCUT2D eigenvalue weighted by Gasteiger charge is 1.90. The lowest BCUT2D eigenvalue weighted by atomic mass is 10.2. The number of methoxy groups -OCH3 is 1. The number of ether oxygens (including phenoxy) is 1. The van der Waals surface area contributed by atoms with Crippen molar-refractivity contribution in [2.75, 3.05) is 7.11 Å². The van der Waals surface area contributed by atoms with E-state index in [1.165, 1.54) is 5.56 Å². The molecule has 0 aliphatic heterocycles. The zero-order chi connectivity index (χ0) is 8.69. The summed E-state index contributed by atoms with van der Waals surface area (Å²) in [6.45, 7) is 6.03. The molecular weight excluding hydrogens is 136 g/mol. The van der Waals surface area contributed by atoms with Crippen LogP contribution >= 0.6 is 0 Å². The molecule has 0 amide bonds. The van der Waals surface area contributed by atoms with Crippen molar-refractivity contribution in [3.63, 3.8) is 0 Å². The molecular formula is C10H16O. The second-order valence-electron chi connectivity index (χ2n) is 1.97. The lowest BCUT2D eigenvalue weighted by Gasteiger charge is -2.00. The summed E-state index contributed by atoms with van der Waals surface area (Å²) in [6.07, 6.45) is 0. The predicted octanol–water partition coefficient (Wildman–Crippen LogP) is 3.03. The van der Waals surface area contributed by atoms with Crippen molar-refractivity contribution in [1.29, 1.82) is 0 Å². The first-order valence-corrected chi connectivity index (χ1v) is 3.94. The van der Waals surface area contributed by atoms with E-state index in [0.29, 0.717) is 0 Å². The molecule has 0 saturated carbocycles. The summed E-state index contributed by atoms with van der Waals surface area (Å²) in [5.74, 6) is 0.956. The Morgan fingerprint density at radius 2 is 1.64 bits per heavy atom. The summed E-state index contributed by atoms with van der Waals surface area (Å²) in [4.78, 5) is 0. The molecule has 1 rings (SSSR count). The minimum absolute atomic E-state index is 0.956. The number of aryl methyl sites for hydroxylation is 1. The number of benzene rings is 1. The van der Waals surface area contributed by atoms with Crippen LogP contribution in [-0.4, -0.2) is 7.11 Å². The molecule has 0 spiro atoms. The van der Waals surface area contributed by atoms with Gasteiger partial charge in [-0.05, 0) is 18.6 Å². The first-order chi connectivity index (χ1) is 5.34. The molecule has 1 heteroatoms. The van der Waals surface area contributed by atoms with E-state index >= 15 is 0 Å². The van der Waals surface area contributed by atoms with Gasteiger partial charge in [0.1, 0.15) is 5.75 Å². The van der Waals surface area contributed by atoms with Crippen LogP contribution < -0.4 is 4.74 Å². The van der Waals surface area contributed by atoms with Crippen molar-refractivity contribution < 1.29 is 4.74 Å². The Labute approximate surface area is 69.0 Å². The highest BCUT2D eigenvalue weighted by atomic mass is 16.5. The normalized spacial score (nSPS) is 8.00. The maximum atomic E-state index is 5.04. The molecule has 0 aliphatic carbocycles. The molecule has 1 nitrogen and oxygen atoms in total. The highest BCUT2D eigenvalue weighted by molar-refractivity contribution is 5.31. The van der Waals surface area contributed by atoms with E-state index in [1.54, 1.807) is 7.11 Å². The molecule has 11 heavy (non-hydrogen) atoms. The predicted molar refractivity (Wildman–Crippen MR) is 49.1 cm³/mol. The van der Waals surface area contributed by atoms with Crippen molar-refractivity contribution in [3.05, 3.63) is 29.8 Å². The molecule has 0 unspecified atom stereocenters.